The van der Waals surface area contributed by atoms with Crippen LogP contribution in [0.2, 0.25) is 0 Å². The van der Waals surface area contributed by atoms with Gasteiger partial charge in [-0.15, -0.1) is 0 Å². The third kappa shape index (κ3) is 4.92. The summed E-state index contributed by atoms with van der Waals surface area (Å²) in [6, 6.07) is 15.6. The maximum Gasteiger partial charge on any atom is 0.409 e. The Morgan fingerprint density at radius 1 is 1.00 bits per heavy atom. The van der Waals surface area contributed by atoms with E-state index >= 15 is 0 Å². The van der Waals surface area contributed by atoms with E-state index in [1.54, 1.807) is 12.0 Å². The standard InChI is InChI=1S/C30H35N5O4/c1-19-5-8-23(27(36)35-17-24(18-35)22-9-6-21(16-31)7-10-22)15-25(19)26-20(2)32-28(33-26)30(39-4)11-13-34(14-12-30)29(37)38-3/h5-10,15,24,28,32-33H,11-14,17-18H2,1-4H3. The molecule has 3 heterocycles. The van der Waals surface area contributed by atoms with Crippen molar-refractivity contribution in [1.82, 2.24) is 20.4 Å². The van der Waals surface area contributed by atoms with Crippen molar-refractivity contribution in [2.45, 2.75) is 44.4 Å². The number of amides is 2. The molecule has 9 heteroatoms. The molecule has 2 amide bonds. The number of nitrogens with zero attached hydrogens (tertiary/aromatic N) is 3. The van der Waals surface area contributed by atoms with Crippen molar-refractivity contribution in [1.29, 1.82) is 5.26 Å². The number of methoxy groups -OCH3 is 2. The number of allylic oxidation sites excluding steroid dienone is 1. The summed E-state index contributed by atoms with van der Waals surface area (Å²) in [6.07, 6.45) is 0.845. The number of likely N-dealkylation sites (tertiary alicyclic amines) is 2. The largest absolute Gasteiger partial charge is 0.453 e. The SMILES string of the molecule is COC(=O)N1CCC(OC)(C2NC(C)=C(c3cc(C(=O)N4CC(c5ccc(C#N)cc5)C4)ccc3C)N2)CC1. The van der Waals surface area contributed by atoms with Crippen molar-refractivity contribution in [3.8, 4) is 6.07 Å². The molecule has 2 N–H and O–H groups in total. The van der Waals surface area contributed by atoms with E-state index < -0.39 is 5.60 Å². The van der Waals surface area contributed by atoms with Gasteiger partial charge in [-0.3, -0.25) is 4.79 Å². The normalized spacial score (nSPS) is 20.5. The maximum absolute atomic E-state index is 13.4. The van der Waals surface area contributed by atoms with Crippen molar-refractivity contribution in [2.75, 3.05) is 40.4 Å². The van der Waals surface area contributed by atoms with Crippen LogP contribution in [0.4, 0.5) is 4.79 Å². The zero-order valence-corrected chi connectivity index (χ0v) is 22.9. The highest BCUT2D eigenvalue weighted by atomic mass is 16.5. The second-order valence-corrected chi connectivity index (χ2v) is 10.6. The van der Waals surface area contributed by atoms with Crippen LogP contribution in [-0.4, -0.2) is 74.0 Å². The van der Waals surface area contributed by atoms with Gasteiger partial charge >= 0.3 is 6.09 Å². The molecule has 2 aromatic carbocycles. The highest BCUT2D eigenvalue weighted by molar-refractivity contribution is 5.96. The number of hydrogen-bond acceptors (Lipinski definition) is 7. The van der Waals surface area contributed by atoms with Gasteiger partial charge in [0, 0.05) is 56.0 Å². The van der Waals surface area contributed by atoms with Crippen molar-refractivity contribution in [3.05, 3.63) is 76.0 Å². The molecule has 5 rings (SSSR count). The van der Waals surface area contributed by atoms with Crippen molar-refractivity contribution in [3.63, 3.8) is 0 Å². The van der Waals surface area contributed by atoms with Crippen LogP contribution >= 0.6 is 0 Å². The maximum atomic E-state index is 13.4. The molecule has 3 aliphatic heterocycles. The van der Waals surface area contributed by atoms with E-state index in [0.29, 0.717) is 50.1 Å². The summed E-state index contributed by atoms with van der Waals surface area (Å²) in [4.78, 5) is 28.9. The zero-order valence-electron chi connectivity index (χ0n) is 22.9. The summed E-state index contributed by atoms with van der Waals surface area (Å²) in [5.74, 6) is 0.305. The fraction of sp³-hybridized carbons (Fsp3) is 0.433. The number of ether oxygens (including phenoxy) is 2. The Labute approximate surface area is 229 Å². The lowest BCUT2D eigenvalue weighted by atomic mass is 9.88. The van der Waals surface area contributed by atoms with Gasteiger partial charge in [-0.25, -0.2) is 4.79 Å². The third-order valence-corrected chi connectivity index (χ3v) is 8.43. The molecule has 0 spiro atoms. The summed E-state index contributed by atoms with van der Waals surface area (Å²) in [7, 11) is 3.12. The molecule has 0 aliphatic carbocycles. The van der Waals surface area contributed by atoms with Gasteiger partial charge in [0.15, 0.2) is 0 Å². The summed E-state index contributed by atoms with van der Waals surface area (Å²) in [6.45, 7) is 6.51. The first-order chi connectivity index (χ1) is 18.8. The molecular formula is C30H35N5O4. The summed E-state index contributed by atoms with van der Waals surface area (Å²) >= 11 is 0. The summed E-state index contributed by atoms with van der Waals surface area (Å²) < 4.78 is 10.9. The molecule has 204 valence electrons. The van der Waals surface area contributed by atoms with Crippen LogP contribution in [0.3, 0.4) is 0 Å². The Kier molecular flexibility index (Phi) is 7.23. The number of aryl methyl sites for hydroxylation is 1. The van der Waals surface area contributed by atoms with Crippen molar-refractivity contribution in [2.24, 2.45) is 0 Å². The molecule has 3 aliphatic rings. The topological polar surface area (TPSA) is 107 Å². The van der Waals surface area contributed by atoms with Gasteiger partial charge in [-0.2, -0.15) is 5.26 Å². The number of benzene rings is 2. The minimum atomic E-state index is -0.493. The van der Waals surface area contributed by atoms with Crippen LogP contribution in [0.15, 0.2) is 48.2 Å². The first-order valence-electron chi connectivity index (χ1n) is 13.3. The number of nitrogens with one attached hydrogen (secondary N) is 2. The van der Waals surface area contributed by atoms with Gasteiger partial charge in [-0.1, -0.05) is 18.2 Å². The summed E-state index contributed by atoms with van der Waals surface area (Å²) in [5.41, 5.74) is 5.96. The first kappa shape index (κ1) is 26.6. The van der Waals surface area contributed by atoms with E-state index in [9.17, 15) is 9.59 Å². The highest BCUT2D eigenvalue weighted by Gasteiger charge is 2.46. The van der Waals surface area contributed by atoms with Crippen molar-refractivity contribution < 1.29 is 19.1 Å². The molecule has 0 bridgehead atoms. The van der Waals surface area contributed by atoms with Crippen LogP contribution < -0.4 is 10.6 Å². The van der Waals surface area contributed by atoms with Crippen LogP contribution in [0, 0.1) is 18.3 Å². The number of carbonyl (C=O) groups is 2. The molecule has 2 saturated heterocycles. The Balaban J connectivity index is 1.27. The number of rotatable bonds is 5. The average molecular weight is 530 g/mol. The fourth-order valence-corrected chi connectivity index (χ4v) is 5.82. The molecule has 2 fully saturated rings. The lowest BCUT2D eigenvalue weighted by molar-refractivity contribution is -0.0791. The number of piperidine rings is 1. The summed E-state index contributed by atoms with van der Waals surface area (Å²) in [5, 5.41) is 16.2. The number of hydrogen-bond donors (Lipinski definition) is 2. The Morgan fingerprint density at radius 2 is 1.69 bits per heavy atom. The Morgan fingerprint density at radius 3 is 2.31 bits per heavy atom. The van der Waals surface area contributed by atoms with E-state index in [1.165, 1.54) is 7.11 Å². The van der Waals surface area contributed by atoms with E-state index in [-0.39, 0.29) is 24.1 Å². The van der Waals surface area contributed by atoms with E-state index in [2.05, 4.69) is 16.7 Å². The van der Waals surface area contributed by atoms with Gasteiger partial charge in [0.05, 0.1) is 24.4 Å². The first-order valence-corrected chi connectivity index (χ1v) is 13.3. The van der Waals surface area contributed by atoms with E-state index in [1.807, 2.05) is 61.2 Å². The zero-order chi connectivity index (χ0) is 27.7. The molecule has 0 aromatic heterocycles. The smallest absolute Gasteiger partial charge is 0.409 e. The highest BCUT2D eigenvalue weighted by Crippen LogP contribution is 2.35. The van der Waals surface area contributed by atoms with Gasteiger partial charge in [-0.05, 0) is 62.1 Å². The Hall–Kier alpha value is -4.03. The minimum Gasteiger partial charge on any atom is -0.453 e. The lowest BCUT2D eigenvalue weighted by Gasteiger charge is -2.44. The second kappa shape index (κ2) is 10.6. The van der Waals surface area contributed by atoms with E-state index in [4.69, 9.17) is 14.7 Å². The van der Waals surface area contributed by atoms with Crippen LogP contribution in [0.1, 0.15) is 58.3 Å². The van der Waals surface area contributed by atoms with Crippen molar-refractivity contribution >= 4 is 17.7 Å². The fourth-order valence-electron chi connectivity index (χ4n) is 5.82. The quantitative estimate of drug-likeness (QED) is 0.610. The molecule has 1 atom stereocenters. The molecule has 2 aromatic rings. The molecule has 0 radical (unpaired) electrons. The second-order valence-electron chi connectivity index (χ2n) is 10.6. The molecule has 0 saturated carbocycles. The lowest BCUT2D eigenvalue weighted by Crippen LogP contribution is -2.60. The van der Waals surface area contributed by atoms with Gasteiger partial charge in [0.1, 0.15) is 11.8 Å². The number of nitriles is 1. The molecule has 39 heavy (non-hydrogen) atoms. The van der Waals surface area contributed by atoms with Gasteiger partial charge in [0.2, 0.25) is 0 Å². The van der Waals surface area contributed by atoms with E-state index in [0.717, 1.165) is 28.1 Å². The monoisotopic (exact) mass is 529 g/mol. The number of carbonyl (C=O) groups excluding carboxylic acids is 2. The molecular weight excluding hydrogens is 494 g/mol. The van der Waals surface area contributed by atoms with Gasteiger partial charge < -0.3 is 29.9 Å². The minimum absolute atomic E-state index is 0.0189. The van der Waals surface area contributed by atoms with Crippen LogP contribution in [0.5, 0.6) is 0 Å². The molecule has 9 nitrogen and oxygen atoms in total. The third-order valence-electron chi connectivity index (χ3n) is 8.43. The average Bonchev–Trinajstić information content (AvgIpc) is 3.34. The Bertz CT molecular complexity index is 1330. The van der Waals surface area contributed by atoms with Crippen LogP contribution in [-0.2, 0) is 9.47 Å². The van der Waals surface area contributed by atoms with Gasteiger partial charge in [0.25, 0.3) is 5.91 Å². The predicted octanol–water partition coefficient (Wildman–Crippen LogP) is 3.56. The predicted molar refractivity (Wildman–Crippen MR) is 147 cm³/mol. The van der Waals surface area contributed by atoms with Crippen LogP contribution in [0.25, 0.3) is 5.70 Å². The molecule has 1 unspecified atom stereocenters.